The molecule has 168 valence electrons. The maximum Gasteiger partial charge on any atom is 0.261 e. The molecule has 0 radical (unpaired) electrons. The first-order valence-electron chi connectivity index (χ1n) is 11.4. The van der Waals surface area contributed by atoms with E-state index in [2.05, 4.69) is 118 Å². The zero-order valence-corrected chi connectivity index (χ0v) is 21.5. The molecule has 0 heterocycles. The molecule has 3 aromatic rings. The quantitative estimate of drug-likeness (QED) is 0.233. The van der Waals surface area contributed by atoms with Crippen molar-refractivity contribution in [1.29, 1.82) is 0 Å². The highest BCUT2D eigenvalue weighted by molar-refractivity contribution is 7.98. The fourth-order valence-corrected chi connectivity index (χ4v) is 10.1. The van der Waals surface area contributed by atoms with Crippen molar-refractivity contribution in [2.24, 2.45) is 5.92 Å². The maximum atomic E-state index is 7.16. The minimum atomic E-state index is -2.49. The highest BCUT2D eigenvalue weighted by Gasteiger charge is 2.50. The molecule has 1 nitrogen and oxygen atoms in total. The molecule has 1 atom stereocenters. The molecule has 0 amide bonds. The molecule has 32 heavy (non-hydrogen) atoms. The Hall–Kier alpha value is -2.07. The summed E-state index contributed by atoms with van der Waals surface area (Å²) in [6, 6.07) is 32.5. The Morgan fingerprint density at radius 3 is 1.81 bits per heavy atom. The van der Waals surface area contributed by atoms with Crippen molar-refractivity contribution >= 4 is 30.5 Å². The van der Waals surface area contributed by atoms with Crippen LogP contribution in [0.5, 0.6) is 0 Å². The van der Waals surface area contributed by atoms with E-state index in [1.807, 2.05) is 17.8 Å². The highest BCUT2D eigenvalue weighted by Crippen LogP contribution is 2.37. The lowest BCUT2D eigenvalue weighted by atomic mass is 10.1. The molecule has 3 heteroatoms. The largest absolute Gasteiger partial charge is 0.407 e. The van der Waals surface area contributed by atoms with Crippen LogP contribution in [0, 0.1) is 5.92 Å². The molecule has 0 aromatic heterocycles. The standard InChI is InChI=1S/C29H36OSSi/c1-5-15-26(24-31-23-25-16-9-6-10-17-25)22-30-32(29(2,3)4,27-18-11-7-12-19-27)28-20-13-8-14-21-28/h5-14,16-21,26H,1,15,22-24H2,2-4H3/t26-/m1/s1. The molecule has 0 aliphatic rings. The lowest BCUT2D eigenvalue weighted by Gasteiger charge is -2.43. The monoisotopic (exact) mass is 460 g/mol. The lowest BCUT2D eigenvalue weighted by molar-refractivity contribution is 0.248. The maximum absolute atomic E-state index is 7.16. The Morgan fingerprint density at radius 1 is 0.844 bits per heavy atom. The van der Waals surface area contributed by atoms with Gasteiger partial charge in [-0.15, -0.1) is 6.58 Å². The van der Waals surface area contributed by atoms with Gasteiger partial charge in [0.05, 0.1) is 0 Å². The van der Waals surface area contributed by atoms with Crippen LogP contribution in [0.3, 0.4) is 0 Å². The van der Waals surface area contributed by atoms with Crippen molar-refractivity contribution in [2.75, 3.05) is 12.4 Å². The van der Waals surface area contributed by atoms with Gasteiger partial charge in [-0.3, -0.25) is 0 Å². The molecule has 0 N–H and O–H groups in total. The molecule has 3 rings (SSSR count). The molecule has 0 saturated heterocycles. The molecule has 0 unspecified atom stereocenters. The number of hydrogen-bond donors (Lipinski definition) is 0. The summed E-state index contributed by atoms with van der Waals surface area (Å²) in [6.07, 6.45) is 3.02. The van der Waals surface area contributed by atoms with Crippen LogP contribution in [0.15, 0.2) is 104 Å². The minimum absolute atomic E-state index is 0.00557. The van der Waals surface area contributed by atoms with Crippen molar-refractivity contribution in [1.82, 2.24) is 0 Å². The Morgan fingerprint density at radius 2 is 1.34 bits per heavy atom. The summed E-state index contributed by atoms with van der Waals surface area (Å²) in [5.41, 5.74) is 1.38. The first kappa shape index (κ1) is 24.6. The normalized spacial score (nSPS) is 13.0. The van der Waals surface area contributed by atoms with Crippen LogP contribution < -0.4 is 10.4 Å². The molecule has 0 saturated carbocycles. The van der Waals surface area contributed by atoms with E-state index >= 15 is 0 Å². The number of allylic oxidation sites excluding steroid dienone is 1. The third kappa shape index (κ3) is 6.03. The molecule has 0 bridgehead atoms. The predicted octanol–water partition coefficient (Wildman–Crippen LogP) is 6.69. The van der Waals surface area contributed by atoms with Gasteiger partial charge >= 0.3 is 0 Å². The van der Waals surface area contributed by atoms with E-state index in [9.17, 15) is 0 Å². The Balaban J connectivity index is 1.84. The minimum Gasteiger partial charge on any atom is -0.407 e. The van der Waals surface area contributed by atoms with Gasteiger partial charge < -0.3 is 4.43 Å². The van der Waals surface area contributed by atoms with Crippen LogP contribution in [0.1, 0.15) is 32.8 Å². The molecule has 0 aliphatic carbocycles. The summed E-state index contributed by atoms with van der Waals surface area (Å²) in [5.74, 6) is 2.55. The van der Waals surface area contributed by atoms with E-state index in [1.54, 1.807) is 0 Å². The fourth-order valence-electron chi connectivity index (χ4n) is 4.34. The van der Waals surface area contributed by atoms with Crippen LogP contribution in [-0.2, 0) is 10.2 Å². The van der Waals surface area contributed by atoms with Crippen LogP contribution in [0.4, 0.5) is 0 Å². The summed E-state index contributed by atoms with van der Waals surface area (Å²) < 4.78 is 7.16. The van der Waals surface area contributed by atoms with E-state index in [-0.39, 0.29) is 5.04 Å². The van der Waals surface area contributed by atoms with Crippen molar-refractivity contribution in [3.8, 4) is 0 Å². The molecular formula is C29H36OSSi. The first-order chi connectivity index (χ1) is 15.5. The van der Waals surface area contributed by atoms with Gasteiger partial charge in [0.1, 0.15) is 0 Å². The molecule has 3 aromatic carbocycles. The predicted molar refractivity (Wildman–Crippen MR) is 144 cm³/mol. The van der Waals surface area contributed by atoms with E-state index in [1.165, 1.54) is 15.9 Å². The average molecular weight is 461 g/mol. The van der Waals surface area contributed by atoms with Crippen molar-refractivity contribution < 1.29 is 4.43 Å². The van der Waals surface area contributed by atoms with Crippen LogP contribution in [0.25, 0.3) is 0 Å². The van der Waals surface area contributed by atoms with Gasteiger partial charge in [-0.05, 0) is 39.1 Å². The average Bonchev–Trinajstić information content (AvgIpc) is 2.80. The second-order valence-corrected chi connectivity index (χ2v) is 14.7. The summed E-state index contributed by atoms with van der Waals surface area (Å²) in [7, 11) is -2.49. The third-order valence-corrected chi connectivity index (χ3v) is 12.2. The molecule has 0 spiro atoms. The summed E-state index contributed by atoms with van der Waals surface area (Å²) in [4.78, 5) is 0. The lowest BCUT2D eigenvalue weighted by Crippen LogP contribution is -2.67. The zero-order valence-electron chi connectivity index (χ0n) is 19.7. The number of rotatable bonds is 11. The van der Waals surface area contributed by atoms with E-state index < -0.39 is 8.32 Å². The van der Waals surface area contributed by atoms with Crippen molar-refractivity contribution in [2.45, 2.75) is 38.0 Å². The van der Waals surface area contributed by atoms with Crippen LogP contribution in [-0.4, -0.2) is 20.7 Å². The Kier molecular flexibility index (Phi) is 8.98. The van der Waals surface area contributed by atoms with Crippen LogP contribution >= 0.6 is 11.8 Å². The van der Waals surface area contributed by atoms with Gasteiger partial charge in [0.25, 0.3) is 8.32 Å². The van der Waals surface area contributed by atoms with Crippen molar-refractivity contribution in [3.63, 3.8) is 0 Å². The van der Waals surface area contributed by atoms with E-state index in [0.29, 0.717) is 5.92 Å². The molecule has 0 fully saturated rings. The fraction of sp³-hybridized carbons (Fsp3) is 0.310. The second-order valence-electron chi connectivity index (χ2n) is 9.37. The number of benzene rings is 3. The highest BCUT2D eigenvalue weighted by atomic mass is 32.2. The number of hydrogen-bond acceptors (Lipinski definition) is 2. The zero-order chi connectivity index (χ0) is 22.9. The van der Waals surface area contributed by atoms with Gasteiger partial charge in [0.15, 0.2) is 0 Å². The Labute approximate surface area is 200 Å². The smallest absolute Gasteiger partial charge is 0.261 e. The third-order valence-electron chi connectivity index (χ3n) is 5.92. The van der Waals surface area contributed by atoms with E-state index in [4.69, 9.17) is 4.43 Å². The molecular weight excluding hydrogens is 424 g/mol. The van der Waals surface area contributed by atoms with Gasteiger partial charge in [-0.1, -0.05) is 118 Å². The summed E-state index contributed by atoms with van der Waals surface area (Å²) in [5, 5.41) is 2.69. The second kappa shape index (κ2) is 11.7. The first-order valence-corrected chi connectivity index (χ1v) is 14.5. The van der Waals surface area contributed by atoms with Gasteiger partial charge in [0.2, 0.25) is 0 Å². The van der Waals surface area contributed by atoms with Crippen molar-refractivity contribution in [3.05, 3.63) is 109 Å². The van der Waals surface area contributed by atoms with Gasteiger partial charge in [-0.2, -0.15) is 11.8 Å². The molecule has 0 aliphatic heterocycles. The van der Waals surface area contributed by atoms with Gasteiger partial charge in [-0.25, -0.2) is 0 Å². The number of thioether (sulfide) groups is 1. The summed E-state index contributed by atoms with van der Waals surface area (Å²) >= 11 is 1.99. The summed E-state index contributed by atoms with van der Waals surface area (Å²) in [6.45, 7) is 11.8. The SMILES string of the molecule is C=CC[C@H](CO[Si](c1ccccc1)(c1ccccc1)C(C)(C)C)CSCc1ccccc1. The Bertz CT molecular complexity index is 896. The van der Waals surface area contributed by atoms with E-state index in [0.717, 1.165) is 24.5 Å². The topological polar surface area (TPSA) is 9.23 Å². The van der Waals surface area contributed by atoms with Gasteiger partial charge in [0, 0.05) is 12.4 Å². The van der Waals surface area contributed by atoms with Crippen LogP contribution in [0.2, 0.25) is 5.04 Å².